The molecule has 4 heteroatoms. The number of benzene rings is 2. The molecule has 0 saturated carbocycles. The molecule has 4 nitrogen and oxygen atoms in total. The first kappa shape index (κ1) is 15.6. The van der Waals surface area contributed by atoms with Crippen LogP contribution in [0.25, 0.3) is 5.70 Å². The third-order valence-corrected chi connectivity index (χ3v) is 4.88. The van der Waals surface area contributed by atoms with Gasteiger partial charge in [-0.25, -0.2) is 4.79 Å². The van der Waals surface area contributed by atoms with Crippen LogP contribution in [0.2, 0.25) is 0 Å². The Labute approximate surface area is 146 Å². The van der Waals surface area contributed by atoms with Gasteiger partial charge in [-0.05, 0) is 19.4 Å². The maximum atomic E-state index is 13.0. The highest BCUT2D eigenvalue weighted by Crippen LogP contribution is 2.45. The van der Waals surface area contributed by atoms with Crippen LogP contribution in [0.5, 0.6) is 0 Å². The lowest BCUT2D eigenvalue weighted by Crippen LogP contribution is -2.38. The number of fused-ring (bicyclic) bond motifs is 2. The van der Waals surface area contributed by atoms with Gasteiger partial charge in [0, 0.05) is 22.6 Å². The van der Waals surface area contributed by atoms with Crippen molar-refractivity contribution in [3.8, 4) is 0 Å². The standard InChI is InChI=1S/C21H19NO3/c1-3-25-21(24)19-16(13-10-8-12(2)9-11-13)17-18(22-19)14-6-4-5-7-15(14)20(17)23/h4-11,16,19,22H,3H2,1-2H3. The summed E-state index contributed by atoms with van der Waals surface area (Å²) in [6.07, 6.45) is 0. The van der Waals surface area contributed by atoms with Gasteiger partial charge >= 0.3 is 5.97 Å². The molecule has 25 heavy (non-hydrogen) atoms. The van der Waals surface area contributed by atoms with E-state index >= 15 is 0 Å². The molecule has 1 aliphatic carbocycles. The molecule has 2 unspecified atom stereocenters. The second-order valence-corrected chi connectivity index (χ2v) is 6.43. The highest BCUT2D eigenvalue weighted by molar-refractivity contribution is 6.22. The Hall–Kier alpha value is -2.88. The first-order valence-electron chi connectivity index (χ1n) is 8.49. The van der Waals surface area contributed by atoms with Crippen molar-refractivity contribution in [3.05, 3.63) is 76.4 Å². The van der Waals surface area contributed by atoms with Crippen LogP contribution in [0.15, 0.2) is 54.1 Å². The quantitative estimate of drug-likeness (QED) is 0.876. The van der Waals surface area contributed by atoms with Gasteiger partial charge < -0.3 is 10.1 Å². The maximum Gasteiger partial charge on any atom is 0.329 e. The summed E-state index contributed by atoms with van der Waals surface area (Å²) in [4.78, 5) is 25.5. The van der Waals surface area contributed by atoms with Crippen molar-refractivity contribution in [3.63, 3.8) is 0 Å². The van der Waals surface area contributed by atoms with E-state index in [0.717, 1.165) is 22.4 Å². The number of hydrogen-bond acceptors (Lipinski definition) is 4. The third kappa shape index (κ3) is 2.37. The van der Waals surface area contributed by atoms with Crippen molar-refractivity contribution in [2.45, 2.75) is 25.8 Å². The maximum absolute atomic E-state index is 13.0. The second-order valence-electron chi connectivity index (χ2n) is 6.43. The van der Waals surface area contributed by atoms with Crippen molar-refractivity contribution >= 4 is 17.4 Å². The molecule has 0 fully saturated rings. The molecule has 2 aromatic rings. The second kappa shape index (κ2) is 5.88. The Morgan fingerprint density at radius 1 is 1.08 bits per heavy atom. The van der Waals surface area contributed by atoms with Crippen LogP contribution in [-0.4, -0.2) is 24.4 Å². The molecule has 126 valence electrons. The normalized spacial score (nSPS) is 21.0. The molecule has 0 aromatic heterocycles. The van der Waals surface area contributed by atoms with Crippen LogP contribution in [0.4, 0.5) is 0 Å². The van der Waals surface area contributed by atoms with Gasteiger partial charge in [0.25, 0.3) is 0 Å². The summed E-state index contributed by atoms with van der Waals surface area (Å²) in [6, 6.07) is 14.9. The molecular formula is C21H19NO3. The first-order chi connectivity index (χ1) is 12.1. The summed E-state index contributed by atoms with van der Waals surface area (Å²) < 4.78 is 5.25. The van der Waals surface area contributed by atoms with Gasteiger partial charge in [-0.2, -0.15) is 0 Å². The lowest BCUT2D eigenvalue weighted by atomic mass is 9.85. The van der Waals surface area contributed by atoms with Crippen LogP contribution in [0, 0.1) is 6.92 Å². The molecule has 0 amide bonds. The molecule has 2 aromatic carbocycles. The number of Topliss-reactive ketones (excluding diaryl/α,β-unsaturated/α-hetero) is 1. The summed E-state index contributed by atoms with van der Waals surface area (Å²) in [5.41, 5.74) is 5.08. The Morgan fingerprint density at radius 2 is 1.76 bits per heavy atom. The molecular weight excluding hydrogens is 314 g/mol. The minimum absolute atomic E-state index is 0.00419. The molecule has 0 bridgehead atoms. The van der Waals surface area contributed by atoms with Crippen LogP contribution in [-0.2, 0) is 9.53 Å². The summed E-state index contributed by atoms with van der Waals surface area (Å²) in [6.45, 7) is 4.11. The number of carbonyl (C=O) groups is 2. The molecule has 2 aliphatic rings. The highest BCUT2D eigenvalue weighted by Gasteiger charge is 2.47. The van der Waals surface area contributed by atoms with Gasteiger partial charge in [-0.3, -0.25) is 4.79 Å². The fourth-order valence-corrected chi connectivity index (χ4v) is 3.72. The predicted molar refractivity (Wildman–Crippen MR) is 95.2 cm³/mol. The van der Waals surface area contributed by atoms with E-state index in [1.165, 1.54) is 0 Å². The van der Waals surface area contributed by atoms with Gasteiger partial charge in [-0.1, -0.05) is 54.1 Å². The van der Waals surface area contributed by atoms with Crippen LogP contribution < -0.4 is 5.32 Å². The molecule has 1 aliphatic heterocycles. The molecule has 0 radical (unpaired) electrons. The minimum Gasteiger partial charge on any atom is -0.464 e. The smallest absolute Gasteiger partial charge is 0.329 e. The van der Waals surface area contributed by atoms with E-state index in [1.54, 1.807) is 6.92 Å². The Kier molecular flexibility index (Phi) is 3.68. The third-order valence-electron chi connectivity index (χ3n) is 4.88. The van der Waals surface area contributed by atoms with E-state index in [-0.39, 0.29) is 17.7 Å². The average Bonchev–Trinajstić information content (AvgIpc) is 3.13. The number of ether oxygens (including phenoxy) is 1. The van der Waals surface area contributed by atoms with E-state index in [0.29, 0.717) is 17.7 Å². The summed E-state index contributed by atoms with van der Waals surface area (Å²) in [5.74, 6) is -0.669. The lowest BCUT2D eigenvalue weighted by molar-refractivity contribution is -0.145. The molecule has 1 N–H and O–H groups in total. The molecule has 0 saturated heterocycles. The zero-order chi connectivity index (χ0) is 17.6. The van der Waals surface area contributed by atoms with Crippen LogP contribution >= 0.6 is 0 Å². The molecule has 4 rings (SSSR count). The zero-order valence-electron chi connectivity index (χ0n) is 14.2. The molecule has 1 heterocycles. The minimum atomic E-state index is -0.579. The van der Waals surface area contributed by atoms with Gasteiger partial charge in [0.05, 0.1) is 12.3 Å². The summed E-state index contributed by atoms with van der Waals surface area (Å²) in [5, 5.41) is 3.27. The van der Waals surface area contributed by atoms with E-state index in [1.807, 2.05) is 55.5 Å². The SMILES string of the molecule is CCOC(=O)C1NC2=C(C(=O)c3ccccc32)C1c1ccc(C)cc1. The number of carbonyl (C=O) groups excluding carboxylic acids is 2. The Balaban J connectivity index is 1.83. The fourth-order valence-electron chi connectivity index (χ4n) is 3.72. The van der Waals surface area contributed by atoms with E-state index in [4.69, 9.17) is 4.74 Å². The van der Waals surface area contributed by atoms with Gasteiger partial charge in [0.1, 0.15) is 6.04 Å². The Bertz CT molecular complexity index is 896. The summed E-state index contributed by atoms with van der Waals surface area (Å²) in [7, 11) is 0. The van der Waals surface area contributed by atoms with Crippen molar-refractivity contribution in [2.24, 2.45) is 0 Å². The predicted octanol–water partition coefficient (Wildman–Crippen LogP) is 3.22. The summed E-state index contributed by atoms with van der Waals surface area (Å²) >= 11 is 0. The van der Waals surface area contributed by atoms with E-state index in [9.17, 15) is 9.59 Å². The van der Waals surface area contributed by atoms with Gasteiger partial charge in [-0.15, -0.1) is 0 Å². The van der Waals surface area contributed by atoms with Crippen molar-refractivity contribution in [2.75, 3.05) is 6.61 Å². The number of rotatable bonds is 3. The monoisotopic (exact) mass is 333 g/mol. The molecule has 0 spiro atoms. The van der Waals surface area contributed by atoms with Gasteiger partial charge in [0.2, 0.25) is 0 Å². The van der Waals surface area contributed by atoms with Crippen molar-refractivity contribution in [1.29, 1.82) is 0 Å². The highest BCUT2D eigenvalue weighted by atomic mass is 16.5. The van der Waals surface area contributed by atoms with Crippen LogP contribution in [0.1, 0.15) is 39.9 Å². The topological polar surface area (TPSA) is 55.4 Å². The molecule has 2 atom stereocenters. The van der Waals surface area contributed by atoms with Crippen molar-refractivity contribution < 1.29 is 14.3 Å². The van der Waals surface area contributed by atoms with E-state index < -0.39 is 6.04 Å². The largest absolute Gasteiger partial charge is 0.464 e. The number of esters is 1. The number of aryl methyl sites for hydroxylation is 1. The van der Waals surface area contributed by atoms with Gasteiger partial charge in [0.15, 0.2) is 5.78 Å². The zero-order valence-corrected chi connectivity index (χ0v) is 14.2. The van der Waals surface area contributed by atoms with E-state index in [2.05, 4.69) is 5.32 Å². The number of nitrogens with one attached hydrogen (secondary N) is 1. The Morgan fingerprint density at radius 3 is 2.44 bits per heavy atom. The lowest BCUT2D eigenvalue weighted by Gasteiger charge is -2.22. The van der Waals surface area contributed by atoms with Crippen LogP contribution in [0.3, 0.4) is 0 Å². The van der Waals surface area contributed by atoms with Crippen molar-refractivity contribution in [1.82, 2.24) is 5.32 Å². The average molecular weight is 333 g/mol. The fraction of sp³-hybridized carbons (Fsp3) is 0.238. The number of ketones is 1. The first-order valence-corrected chi connectivity index (χ1v) is 8.49. The number of hydrogen-bond donors (Lipinski definition) is 1.